The minimum Gasteiger partial charge on any atom is -0.372 e. The number of amides is 1. The van der Waals surface area contributed by atoms with Crippen LogP contribution in [0.1, 0.15) is 47.0 Å². The zero-order valence-corrected chi connectivity index (χ0v) is 18.4. The van der Waals surface area contributed by atoms with Crippen LogP contribution in [0.2, 0.25) is 0 Å². The number of carbonyl (C=O) groups excluding carboxylic acids is 1. The quantitative estimate of drug-likeness (QED) is 0.590. The Labute approximate surface area is 173 Å². The van der Waals surface area contributed by atoms with E-state index in [4.69, 9.17) is 4.74 Å². The SMILES string of the molecule is CC(C)S(=O)(=O)NCCCCC(=O)Nc1ccc(N2C[C@@H](C)O[C@@H](C)C2)c(F)c1. The number of carbonyl (C=O) groups is 1. The first-order valence-electron chi connectivity index (χ1n) is 10.1. The van der Waals surface area contributed by atoms with Crippen LogP contribution in [0, 0.1) is 5.82 Å². The van der Waals surface area contributed by atoms with E-state index in [9.17, 15) is 17.6 Å². The van der Waals surface area contributed by atoms with Crippen LogP contribution in [0.4, 0.5) is 15.8 Å². The molecule has 0 radical (unpaired) electrons. The Morgan fingerprint density at radius 1 is 1.24 bits per heavy atom. The van der Waals surface area contributed by atoms with Crippen molar-refractivity contribution in [1.82, 2.24) is 4.72 Å². The maximum atomic E-state index is 14.6. The minimum atomic E-state index is -3.28. The van der Waals surface area contributed by atoms with Gasteiger partial charge < -0.3 is 15.0 Å². The van der Waals surface area contributed by atoms with Gasteiger partial charge in [-0.2, -0.15) is 0 Å². The molecular formula is C20H32FN3O4S. The monoisotopic (exact) mass is 429 g/mol. The summed E-state index contributed by atoms with van der Waals surface area (Å²) in [6, 6.07) is 4.70. The molecule has 1 aliphatic heterocycles. The average molecular weight is 430 g/mol. The van der Waals surface area contributed by atoms with Crippen molar-refractivity contribution in [3.8, 4) is 0 Å². The summed E-state index contributed by atoms with van der Waals surface area (Å²) in [6.07, 6.45) is 1.40. The summed E-state index contributed by atoms with van der Waals surface area (Å²) in [6.45, 7) is 8.68. The fraction of sp³-hybridized carbons (Fsp3) is 0.650. The molecule has 164 valence electrons. The van der Waals surface area contributed by atoms with Crippen LogP contribution in [0.25, 0.3) is 0 Å². The number of halogens is 1. The number of rotatable bonds is 9. The van der Waals surface area contributed by atoms with Crippen molar-refractivity contribution in [1.29, 1.82) is 0 Å². The molecule has 1 amide bonds. The number of ether oxygens (including phenoxy) is 1. The minimum absolute atomic E-state index is 0.0301. The second-order valence-electron chi connectivity index (χ2n) is 7.82. The van der Waals surface area contributed by atoms with Gasteiger partial charge in [-0.15, -0.1) is 0 Å². The van der Waals surface area contributed by atoms with Crippen LogP contribution in [0.15, 0.2) is 18.2 Å². The number of morpholine rings is 1. The van der Waals surface area contributed by atoms with E-state index in [1.165, 1.54) is 6.07 Å². The molecule has 1 aliphatic rings. The van der Waals surface area contributed by atoms with E-state index in [0.29, 0.717) is 43.9 Å². The molecule has 1 saturated heterocycles. The highest BCUT2D eigenvalue weighted by Crippen LogP contribution is 2.26. The second kappa shape index (κ2) is 10.4. The molecule has 2 N–H and O–H groups in total. The van der Waals surface area contributed by atoms with Gasteiger partial charge in [-0.25, -0.2) is 17.5 Å². The van der Waals surface area contributed by atoms with Gasteiger partial charge in [-0.05, 0) is 58.7 Å². The topological polar surface area (TPSA) is 87.7 Å². The van der Waals surface area contributed by atoms with Crippen molar-refractivity contribution in [2.24, 2.45) is 0 Å². The van der Waals surface area contributed by atoms with Crippen LogP contribution in [-0.2, 0) is 19.6 Å². The first-order chi connectivity index (χ1) is 13.6. The van der Waals surface area contributed by atoms with E-state index >= 15 is 0 Å². The van der Waals surface area contributed by atoms with Gasteiger partial charge in [0, 0.05) is 31.7 Å². The van der Waals surface area contributed by atoms with Gasteiger partial charge in [-0.3, -0.25) is 4.79 Å². The van der Waals surface area contributed by atoms with E-state index in [1.807, 2.05) is 18.7 Å². The van der Waals surface area contributed by atoms with Crippen molar-refractivity contribution >= 4 is 27.3 Å². The molecule has 2 rings (SSSR count). The van der Waals surface area contributed by atoms with E-state index in [0.717, 1.165) is 0 Å². The van der Waals surface area contributed by atoms with E-state index in [2.05, 4.69) is 10.0 Å². The number of nitrogens with one attached hydrogen (secondary N) is 2. The first kappa shape index (κ1) is 23.6. The van der Waals surface area contributed by atoms with E-state index < -0.39 is 15.3 Å². The molecule has 1 heterocycles. The molecular weight excluding hydrogens is 397 g/mol. The highest BCUT2D eigenvalue weighted by molar-refractivity contribution is 7.90. The molecule has 0 bridgehead atoms. The third-order valence-corrected chi connectivity index (χ3v) is 6.59. The molecule has 2 atom stereocenters. The van der Waals surface area contributed by atoms with Crippen LogP contribution in [-0.4, -0.2) is 51.4 Å². The van der Waals surface area contributed by atoms with Crippen molar-refractivity contribution in [3.05, 3.63) is 24.0 Å². The molecule has 0 aliphatic carbocycles. The summed E-state index contributed by atoms with van der Waals surface area (Å²) < 4.78 is 46.0. The van der Waals surface area contributed by atoms with Gasteiger partial charge in [0.15, 0.2) is 0 Å². The summed E-state index contributed by atoms with van der Waals surface area (Å²) >= 11 is 0. The van der Waals surface area contributed by atoms with Crippen LogP contribution in [0.3, 0.4) is 0 Å². The Bertz CT molecular complexity index is 791. The largest absolute Gasteiger partial charge is 0.372 e. The van der Waals surface area contributed by atoms with Crippen LogP contribution < -0.4 is 14.9 Å². The lowest BCUT2D eigenvalue weighted by Gasteiger charge is -2.37. The molecule has 0 aromatic heterocycles. The third kappa shape index (κ3) is 7.24. The molecule has 1 aromatic rings. The summed E-state index contributed by atoms with van der Waals surface area (Å²) in [5.41, 5.74) is 0.911. The zero-order valence-electron chi connectivity index (χ0n) is 17.6. The molecule has 0 saturated carbocycles. The zero-order chi connectivity index (χ0) is 21.6. The van der Waals surface area contributed by atoms with Gasteiger partial charge in [0.1, 0.15) is 5.82 Å². The first-order valence-corrected chi connectivity index (χ1v) is 11.6. The second-order valence-corrected chi connectivity index (χ2v) is 10.1. The lowest BCUT2D eigenvalue weighted by molar-refractivity contribution is -0.116. The number of nitrogens with zero attached hydrogens (tertiary/aromatic N) is 1. The normalized spacial score (nSPS) is 20.1. The summed E-state index contributed by atoms with van der Waals surface area (Å²) in [5.74, 6) is -0.607. The molecule has 1 aromatic carbocycles. The lowest BCUT2D eigenvalue weighted by Crippen LogP contribution is -2.45. The Hall–Kier alpha value is -1.71. The van der Waals surface area contributed by atoms with Crippen molar-refractivity contribution in [2.45, 2.75) is 64.4 Å². The number of sulfonamides is 1. The van der Waals surface area contributed by atoms with Crippen molar-refractivity contribution < 1.29 is 22.3 Å². The average Bonchev–Trinajstić information content (AvgIpc) is 2.60. The summed E-state index contributed by atoms with van der Waals surface area (Å²) in [5, 5.41) is 2.22. The highest BCUT2D eigenvalue weighted by Gasteiger charge is 2.24. The van der Waals surface area contributed by atoms with Gasteiger partial charge in [-0.1, -0.05) is 0 Å². The smallest absolute Gasteiger partial charge is 0.224 e. The number of hydrogen-bond acceptors (Lipinski definition) is 5. The maximum absolute atomic E-state index is 14.6. The Morgan fingerprint density at radius 3 is 2.48 bits per heavy atom. The number of benzene rings is 1. The lowest BCUT2D eigenvalue weighted by atomic mass is 10.1. The predicted molar refractivity (Wildman–Crippen MR) is 113 cm³/mol. The number of hydrogen-bond donors (Lipinski definition) is 2. The fourth-order valence-corrected chi connectivity index (χ4v) is 3.99. The molecule has 7 nitrogen and oxygen atoms in total. The molecule has 0 spiro atoms. The Balaban J connectivity index is 1.80. The van der Waals surface area contributed by atoms with E-state index in [1.54, 1.807) is 26.0 Å². The van der Waals surface area contributed by atoms with Crippen LogP contribution in [0.5, 0.6) is 0 Å². The maximum Gasteiger partial charge on any atom is 0.224 e. The highest BCUT2D eigenvalue weighted by atomic mass is 32.2. The van der Waals surface area contributed by atoms with Gasteiger partial charge >= 0.3 is 0 Å². The Kier molecular flexibility index (Phi) is 8.42. The van der Waals surface area contributed by atoms with Crippen molar-refractivity contribution in [3.63, 3.8) is 0 Å². The van der Waals surface area contributed by atoms with Gasteiger partial charge in [0.2, 0.25) is 15.9 Å². The van der Waals surface area contributed by atoms with Crippen molar-refractivity contribution in [2.75, 3.05) is 29.9 Å². The third-order valence-electron chi connectivity index (χ3n) is 4.75. The molecule has 9 heteroatoms. The van der Waals surface area contributed by atoms with E-state index in [-0.39, 0.29) is 30.4 Å². The van der Waals surface area contributed by atoms with Gasteiger partial charge in [0.25, 0.3) is 0 Å². The molecule has 1 fully saturated rings. The number of anilines is 2. The predicted octanol–water partition coefficient (Wildman–Crippen LogP) is 2.88. The van der Waals surface area contributed by atoms with Crippen LogP contribution >= 0.6 is 0 Å². The fourth-order valence-electron chi connectivity index (χ4n) is 3.23. The summed E-state index contributed by atoms with van der Waals surface area (Å²) in [4.78, 5) is 14.0. The molecule has 29 heavy (non-hydrogen) atoms. The number of unbranched alkanes of at least 4 members (excludes halogenated alkanes) is 1. The standard InChI is InChI=1S/C20H32FN3O4S/c1-14(2)29(26,27)22-10-6-5-7-20(25)23-17-8-9-19(18(21)11-17)24-12-15(3)28-16(4)13-24/h8-9,11,14-16,22H,5-7,10,12-13H2,1-4H3,(H,23,25)/t15-,16+. The summed E-state index contributed by atoms with van der Waals surface area (Å²) in [7, 11) is -3.28. The van der Waals surface area contributed by atoms with Gasteiger partial charge in [0.05, 0.1) is 23.1 Å². The molecule has 0 unspecified atom stereocenters. The Morgan fingerprint density at radius 2 is 1.90 bits per heavy atom.